The van der Waals surface area contributed by atoms with Crippen LogP contribution in [0.15, 0.2) is 339 Å². The Morgan fingerprint density at radius 1 is 0.407 bits per heavy atom. The summed E-state index contributed by atoms with van der Waals surface area (Å²) in [5.41, 5.74) is 30.8. The second-order valence-electron chi connectivity index (χ2n) is 32.4. The van der Waals surface area contributed by atoms with Gasteiger partial charge in [0.2, 0.25) is 5.70 Å². The van der Waals surface area contributed by atoms with E-state index >= 15 is 0 Å². The minimum Gasteiger partial charge on any atom is -0.494 e. The molecule has 1 aliphatic rings. The van der Waals surface area contributed by atoms with E-state index in [4.69, 9.17) is 75.4 Å². The first-order valence-corrected chi connectivity index (χ1v) is 48.3. The molecule has 15 heterocycles. The van der Waals surface area contributed by atoms with E-state index in [1.807, 2.05) is 106 Å². The second kappa shape index (κ2) is 52.4. The van der Waals surface area contributed by atoms with Gasteiger partial charge in [-0.2, -0.15) is 64.7 Å². The van der Waals surface area contributed by atoms with E-state index in [0.29, 0.717) is 36.5 Å². The molecule has 0 bridgehead atoms. The summed E-state index contributed by atoms with van der Waals surface area (Å²) in [6.07, 6.45) is 29.9. The van der Waals surface area contributed by atoms with Gasteiger partial charge in [-0.3, -0.25) is 4.79 Å². The molecule has 145 heavy (non-hydrogen) atoms. The lowest BCUT2D eigenvalue weighted by Gasteiger charge is -2.22. The van der Waals surface area contributed by atoms with Gasteiger partial charge in [0.1, 0.15) is 11.4 Å². The van der Waals surface area contributed by atoms with Gasteiger partial charge in [-0.05, 0) is 277 Å². The molecule has 0 spiro atoms. The topological polar surface area (TPSA) is 317 Å². The third-order valence-electron chi connectivity index (χ3n) is 23.2. The van der Waals surface area contributed by atoms with Crippen molar-refractivity contribution in [2.24, 2.45) is 0 Å². The van der Waals surface area contributed by atoms with Crippen molar-refractivity contribution in [2.45, 2.75) is 87.7 Å². The maximum Gasteiger partial charge on any atom is 0.373 e. The Morgan fingerprint density at radius 3 is 1.12 bits per heavy atom. The van der Waals surface area contributed by atoms with Gasteiger partial charge in [-0.25, -0.2) is 4.85 Å². The van der Waals surface area contributed by atoms with Crippen LogP contribution in [0, 0.1) is 105 Å². The molecule has 4 aromatic carbocycles. The molecular weight excluding hydrogens is 1890 g/mol. The quantitative estimate of drug-likeness (QED) is 0.0438. The summed E-state index contributed by atoms with van der Waals surface area (Å²) in [7, 11) is 0. The van der Waals surface area contributed by atoms with E-state index in [0.717, 1.165) is 58.5 Å². The van der Waals surface area contributed by atoms with E-state index in [9.17, 15) is 10.1 Å². The molecule has 26 heteroatoms. The highest BCUT2D eigenvalue weighted by atomic mass is 32.1. The van der Waals surface area contributed by atoms with Gasteiger partial charge in [0, 0.05) is 137 Å². The van der Waals surface area contributed by atoms with Crippen LogP contribution in [-0.2, 0) is 59.0 Å². The van der Waals surface area contributed by atoms with Crippen LogP contribution in [0.3, 0.4) is 0 Å². The number of hydrogen-bond donors (Lipinski definition) is 0. The van der Waals surface area contributed by atoms with Gasteiger partial charge in [0.15, 0.2) is 0 Å². The fourth-order valence-corrected chi connectivity index (χ4v) is 20.9. The number of carbonyl (C=O) groups is 1. The molecule has 0 N–H and O–H groups in total. The number of fused-ring (bicyclic) bond motifs is 5. The molecule has 0 saturated heterocycles. The molecule has 0 unspecified atom stereocenters. The number of pyridine rings is 5. The number of ether oxygens (including phenoxy) is 2. The summed E-state index contributed by atoms with van der Waals surface area (Å²) in [5, 5.41) is 44.3. The summed E-state index contributed by atoms with van der Waals surface area (Å²) in [4.78, 5) is 89.7. The molecular formula is C119H93N11O11S4. The lowest BCUT2D eigenvalue weighted by molar-refractivity contribution is -0.193. The van der Waals surface area contributed by atoms with Crippen LogP contribution in [0.4, 0.5) is 0 Å². The number of carbonyl (C=O) groups excluding carboxylic acids is 9. The number of allylic oxidation sites excluding steroid dienone is 5. The van der Waals surface area contributed by atoms with E-state index in [1.54, 1.807) is 52.3 Å². The van der Waals surface area contributed by atoms with Gasteiger partial charge >= 0.3 is 30.6 Å². The van der Waals surface area contributed by atoms with Crippen LogP contribution in [0.1, 0.15) is 98.3 Å². The molecule has 714 valence electrons. The molecule has 0 aliphatic carbocycles. The zero-order chi connectivity index (χ0) is 104. The first kappa shape index (κ1) is 107. The zero-order valence-electron chi connectivity index (χ0n) is 80.6. The summed E-state index contributed by atoms with van der Waals surface area (Å²) < 4.78 is 22.3. The zero-order valence-corrected chi connectivity index (χ0v) is 83.8. The SMILES string of the molecule is Cc1c(-c2ccccc2)c(-c2ccc(/C=C\C#N)s2)n2ccccc12.Cc1c(-c2ccccc2)c(-c2ccc(/C=C\C#N)s2)n2ccccc12.Cc1cc2ccccn2c1-c1ccc(/C=C\C#N)s1.Cc1ccc(-c2c(C)c3ccccn3c2-c2ccc(/C=C\C#N)s2)cc1.O=C=O.O=C=O.O=C=O.O=C=O.[C-]#[N+]C1=C(/C=C/c2c(-c3ccc(CCC(=O)OCC)cc3)c(C)c3ccccn23)C(C)(C)O/C1=C(\C)C#N. The molecule has 18 aromatic rings. The van der Waals surface area contributed by atoms with Gasteiger partial charge in [-0.15, -0.1) is 45.3 Å². The van der Waals surface area contributed by atoms with E-state index in [1.165, 1.54) is 150 Å². The molecule has 0 saturated carbocycles. The summed E-state index contributed by atoms with van der Waals surface area (Å²) in [5.74, 6) is 0.162. The lowest BCUT2D eigenvalue weighted by atomic mass is 9.95. The van der Waals surface area contributed by atoms with Crippen molar-refractivity contribution in [3.05, 3.63) is 414 Å². The Bertz CT molecular complexity index is 8140. The predicted octanol–water partition coefficient (Wildman–Crippen LogP) is 28.2. The summed E-state index contributed by atoms with van der Waals surface area (Å²) in [6, 6.07) is 98.6. The van der Waals surface area contributed by atoms with Crippen molar-refractivity contribution in [2.75, 3.05) is 6.61 Å². The van der Waals surface area contributed by atoms with Crippen LogP contribution in [0.25, 0.3) is 150 Å². The molecule has 19 rings (SSSR count). The number of hydrogen-bond acceptors (Lipinski definition) is 20. The molecule has 0 atom stereocenters. The molecule has 0 radical (unpaired) electrons. The Kier molecular flexibility index (Phi) is 38.6. The first-order valence-electron chi connectivity index (χ1n) is 45.1. The average Bonchev–Trinajstić information content (AvgIpc) is 1.60. The predicted molar refractivity (Wildman–Crippen MR) is 570 cm³/mol. The monoisotopic (exact) mass is 1980 g/mol. The van der Waals surface area contributed by atoms with Crippen LogP contribution in [0.5, 0.6) is 0 Å². The molecule has 14 aromatic heterocycles. The summed E-state index contributed by atoms with van der Waals surface area (Å²) >= 11 is 6.82. The smallest absolute Gasteiger partial charge is 0.373 e. The van der Waals surface area contributed by atoms with Crippen LogP contribution >= 0.6 is 45.3 Å². The lowest BCUT2D eigenvalue weighted by Crippen LogP contribution is -2.20. The Morgan fingerprint density at radius 2 is 0.745 bits per heavy atom. The maximum atomic E-state index is 11.8. The normalized spacial score (nSPS) is 11.7. The first-order chi connectivity index (χ1) is 70.4. The summed E-state index contributed by atoms with van der Waals surface area (Å²) in [6.45, 7) is 28.4. The van der Waals surface area contributed by atoms with Gasteiger partial charge < -0.3 is 31.5 Å². The van der Waals surface area contributed by atoms with E-state index in [2.05, 4.69) is 336 Å². The Balaban J connectivity index is 0.000000170. The number of nitrogens with zero attached hydrogens (tertiary/aromatic N) is 11. The van der Waals surface area contributed by atoms with Gasteiger partial charge in [0.05, 0.1) is 97.1 Å². The molecule has 0 fully saturated rings. The average molecular weight is 1980 g/mol. The minimum absolute atomic E-state index is 0.187. The van der Waals surface area contributed by atoms with Gasteiger partial charge in [-0.1, -0.05) is 151 Å². The number of aromatic nitrogens is 5. The fourth-order valence-electron chi connectivity index (χ4n) is 17.0. The third kappa shape index (κ3) is 25.7. The number of thiophene rings is 4. The van der Waals surface area contributed by atoms with Crippen molar-refractivity contribution in [1.82, 2.24) is 22.0 Å². The van der Waals surface area contributed by atoms with Crippen LogP contribution < -0.4 is 0 Å². The molecule has 0 amide bonds. The van der Waals surface area contributed by atoms with Crippen LogP contribution in [0.2, 0.25) is 0 Å². The minimum atomic E-state index is -0.743. The maximum absolute atomic E-state index is 11.8. The van der Waals surface area contributed by atoms with Crippen molar-refractivity contribution < 1.29 is 52.6 Å². The fraction of sp³-hybridized carbons (Fsp3) is 0.118. The van der Waals surface area contributed by atoms with E-state index in [-0.39, 0.29) is 30.6 Å². The largest absolute Gasteiger partial charge is 0.494 e. The number of rotatable bonds is 18. The van der Waals surface area contributed by atoms with Crippen molar-refractivity contribution in [1.29, 1.82) is 26.3 Å². The number of nitriles is 5. The Hall–Kier alpha value is -18.6. The number of esters is 1. The second-order valence-corrected chi connectivity index (χ2v) is 36.9. The third-order valence-corrected chi connectivity index (χ3v) is 27.4. The highest BCUT2D eigenvalue weighted by molar-refractivity contribution is 7.17. The van der Waals surface area contributed by atoms with Crippen LogP contribution in [-0.4, -0.2) is 64.8 Å². The molecule has 1 aliphatic heterocycles. The molecule has 22 nitrogen and oxygen atoms in total. The standard InChI is InChI=1S/C32H31N3O3.C23H18N2S.2C22H16N2S.C16H12N2S.4CO2/c1-7-37-28(36)18-13-23-11-14-24(15-12-23)29-22(3)26-10-8-9-19-35(26)27(29)17-16-25-30(34-6)31(21(2)20-33)38-32(25,4)5;1-16-8-10-18(11-9-16)22-17(2)20-7-3-4-15-25(20)23(22)21-13-12-19(26-21)6-5-14-24;2*1-16-19-11-5-6-15-24(19)22(21(16)17-8-3-2-4-9-17)20-13-12-18(25-20)10-7-14-23;1-12-11-13-5-2-3-10-18(13)16(12)15-8-7-14(19-15)6-4-9-17;4*2-1-3/h8-12,14-17,19H,7,13,18H2,1-5H3;3-13,15H,1-2H3;2*2-13,15H,1H3;2-8,10-11H,1H3;;;;/b17-16+,31-21+;6-5-;2*10-7-;6-4-;;;;. The van der Waals surface area contributed by atoms with Gasteiger partial charge in [0.25, 0.3) is 0 Å². The van der Waals surface area contributed by atoms with E-state index < -0.39 is 5.60 Å². The number of benzene rings is 4. The Labute approximate surface area is 854 Å². The highest BCUT2D eigenvalue weighted by Crippen LogP contribution is 2.48. The van der Waals surface area contributed by atoms with Crippen molar-refractivity contribution in [3.8, 4) is 117 Å². The highest BCUT2D eigenvalue weighted by Gasteiger charge is 2.38. The van der Waals surface area contributed by atoms with Crippen molar-refractivity contribution >= 4 is 134 Å². The van der Waals surface area contributed by atoms with Crippen molar-refractivity contribution in [3.63, 3.8) is 0 Å². The number of aryl methyl sites for hydroxylation is 7.